The number of nitrogens with zero attached hydrogens (tertiary/aromatic N) is 1. The molecule has 0 saturated carbocycles. The summed E-state index contributed by atoms with van der Waals surface area (Å²) in [6.45, 7) is 1.48. The Labute approximate surface area is 151 Å². The molecule has 1 atom stereocenters. The van der Waals surface area contributed by atoms with E-state index in [1.54, 1.807) is 30.3 Å². The number of anilines is 1. The second-order valence-electron chi connectivity index (χ2n) is 6.08. The monoisotopic (exact) mass is 362 g/mol. The van der Waals surface area contributed by atoms with Gasteiger partial charge in [0.2, 0.25) is 0 Å². The highest BCUT2D eigenvalue weighted by Crippen LogP contribution is 2.21. The molecule has 2 aromatic carbocycles. The quantitative estimate of drug-likeness (QED) is 0.882. The van der Waals surface area contributed by atoms with Crippen molar-refractivity contribution < 1.29 is 13.9 Å². The third kappa shape index (κ3) is 5.10. The molecule has 6 heteroatoms. The molecule has 1 aliphatic rings. The largest absolute Gasteiger partial charge is 0.484 e. The van der Waals surface area contributed by atoms with Crippen molar-refractivity contribution in [2.45, 2.75) is 18.9 Å². The van der Waals surface area contributed by atoms with Crippen LogP contribution in [-0.4, -0.2) is 31.6 Å². The average molecular weight is 363 g/mol. The molecular formula is C19H20ClFN2O2. The normalized spacial score (nSPS) is 17.2. The van der Waals surface area contributed by atoms with Gasteiger partial charge in [-0.25, -0.2) is 4.39 Å². The van der Waals surface area contributed by atoms with Crippen LogP contribution in [-0.2, 0) is 4.79 Å². The van der Waals surface area contributed by atoms with Gasteiger partial charge in [0.1, 0.15) is 11.6 Å². The number of carbonyl (C=O) groups is 1. The van der Waals surface area contributed by atoms with Crippen LogP contribution in [0.4, 0.5) is 10.1 Å². The van der Waals surface area contributed by atoms with Crippen LogP contribution in [0.15, 0.2) is 48.5 Å². The molecule has 2 aromatic rings. The van der Waals surface area contributed by atoms with E-state index < -0.39 is 0 Å². The predicted molar refractivity (Wildman–Crippen MR) is 96.7 cm³/mol. The first-order valence-electron chi connectivity index (χ1n) is 8.28. The maximum atomic E-state index is 13.4. The Kier molecular flexibility index (Phi) is 5.76. The van der Waals surface area contributed by atoms with Crippen molar-refractivity contribution in [3.63, 3.8) is 0 Å². The number of hydrogen-bond acceptors (Lipinski definition) is 3. The summed E-state index contributed by atoms with van der Waals surface area (Å²) in [6, 6.07) is 13.4. The van der Waals surface area contributed by atoms with Crippen molar-refractivity contribution in [1.82, 2.24) is 5.32 Å². The third-order valence-corrected chi connectivity index (χ3v) is 4.40. The van der Waals surface area contributed by atoms with Gasteiger partial charge in [0.05, 0.1) is 0 Å². The van der Waals surface area contributed by atoms with Crippen molar-refractivity contribution in [3.8, 4) is 5.75 Å². The molecule has 1 fully saturated rings. The van der Waals surface area contributed by atoms with Gasteiger partial charge in [0.25, 0.3) is 5.91 Å². The van der Waals surface area contributed by atoms with Gasteiger partial charge in [0.15, 0.2) is 6.61 Å². The second-order valence-corrected chi connectivity index (χ2v) is 6.51. The van der Waals surface area contributed by atoms with Crippen molar-refractivity contribution in [2.24, 2.45) is 0 Å². The van der Waals surface area contributed by atoms with Gasteiger partial charge in [-0.3, -0.25) is 4.79 Å². The Hall–Kier alpha value is -2.27. The predicted octanol–water partition coefficient (Wildman–Crippen LogP) is 3.64. The summed E-state index contributed by atoms with van der Waals surface area (Å²) >= 11 is 5.81. The van der Waals surface area contributed by atoms with E-state index >= 15 is 0 Å². The van der Waals surface area contributed by atoms with Gasteiger partial charge < -0.3 is 15.0 Å². The summed E-state index contributed by atoms with van der Waals surface area (Å²) in [6.07, 6.45) is 1.85. The highest BCUT2D eigenvalue weighted by atomic mass is 35.5. The van der Waals surface area contributed by atoms with E-state index in [2.05, 4.69) is 10.2 Å². The van der Waals surface area contributed by atoms with Crippen LogP contribution in [0.25, 0.3) is 0 Å². The highest BCUT2D eigenvalue weighted by Gasteiger charge is 2.22. The first-order valence-corrected chi connectivity index (χ1v) is 8.66. The van der Waals surface area contributed by atoms with Crippen LogP contribution in [0.5, 0.6) is 5.75 Å². The molecule has 1 heterocycles. The first-order chi connectivity index (χ1) is 12.1. The molecule has 1 N–H and O–H groups in total. The zero-order valence-electron chi connectivity index (χ0n) is 13.8. The van der Waals surface area contributed by atoms with E-state index in [-0.39, 0.29) is 24.4 Å². The number of halogens is 2. The zero-order chi connectivity index (χ0) is 17.6. The van der Waals surface area contributed by atoms with E-state index in [9.17, 15) is 9.18 Å². The van der Waals surface area contributed by atoms with Crippen LogP contribution < -0.4 is 15.0 Å². The number of ether oxygens (including phenoxy) is 1. The van der Waals surface area contributed by atoms with Gasteiger partial charge in [-0.05, 0) is 55.3 Å². The summed E-state index contributed by atoms with van der Waals surface area (Å²) in [5, 5.41) is 3.61. The lowest BCUT2D eigenvalue weighted by atomic mass is 10.0. The summed E-state index contributed by atoms with van der Waals surface area (Å²) in [5.74, 6) is 0.186. The standard InChI is InChI=1S/C19H20ClFN2O2/c20-14-6-8-18(9-7-14)25-13-19(24)22-16-4-2-10-23(12-16)17-5-1-3-15(21)11-17/h1,3,5-9,11,16H,2,4,10,12-13H2,(H,22,24). The maximum Gasteiger partial charge on any atom is 0.258 e. The molecule has 132 valence electrons. The fourth-order valence-electron chi connectivity index (χ4n) is 2.95. The van der Waals surface area contributed by atoms with Crippen molar-refractivity contribution in [1.29, 1.82) is 0 Å². The van der Waals surface area contributed by atoms with E-state index in [1.807, 2.05) is 6.07 Å². The highest BCUT2D eigenvalue weighted by molar-refractivity contribution is 6.30. The number of amides is 1. The Morgan fingerprint density at radius 2 is 2.08 bits per heavy atom. The number of carbonyl (C=O) groups excluding carboxylic acids is 1. The van der Waals surface area contributed by atoms with Crippen molar-refractivity contribution >= 4 is 23.2 Å². The van der Waals surface area contributed by atoms with Crippen LogP contribution in [0.1, 0.15) is 12.8 Å². The number of piperidine rings is 1. The van der Waals surface area contributed by atoms with E-state index in [0.717, 1.165) is 25.1 Å². The Bertz CT molecular complexity index is 724. The molecule has 0 bridgehead atoms. The SMILES string of the molecule is O=C(COc1ccc(Cl)cc1)NC1CCCN(c2cccc(F)c2)C1. The third-order valence-electron chi connectivity index (χ3n) is 4.14. The molecule has 1 unspecified atom stereocenters. The Balaban J connectivity index is 1.50. The van der Waals surface area contributed by atoms with E-state index in [4.69, 9.17) is 16.3 Å². The minimum atomic E-state index is -0.250. The fraction of sp³-hybridized carbons (Fsp3) is 0.316. The molecule has 1 aliphatic heterocycles. The number of rotatable bonds is 5. The molecule has 0 radical (unpaired) electrons. The van der Waals surface area contributed by atoms with Crippen LogP contribution in [0, 0.1) is 5.82 Å². The summed E-state index contributed by atoms with van der Waals surface area (Å²) < 4.78 is 18.9. The van der Waals surface area contributed by atoms with Crippen molar-refractivity contribution in [2.75, 3.05) is 24.6 Å². The molecular weight excluding hydrogens is 343 g/mol. The Morgan fingerprint density at radius 1 is 1.28 bits per heavy atom. The van der Waals surface area contributed by atoms with Crippen LogP contribution in [0.3, 0.4) is 0 Å². The summed E-state index contributed by atoms with van der Waals surface area (Å²) in [5.41, 5.74) is 0.844. The van der Waals surface area contributed by atoms with E-state index in [0.29, 0.717) is 17.3 Å². The minimum Gasteiger partial charge on any atom is -0.484 e. The zero-order valence-corrected chi connectivity index (χ0v) is 14.5. The molecule has 3 rings (SSSR count). The summed E-state index contributed by atoms with van der Waals surface area (Å²) in [4.78, 5) is 14.2. The summed E-state index contributed by atoms with van der Waals surface area (Å²) in [7, 11) is 0. The van der Waals surface area contributed by atoms with Gasteiger partial charge in [-0.1, -0.05) is 17.7 Å². The lowest BCUT2D eigenvalue weighted by molar-refractivity contribution is -0.123. The van der Waals surface area contributed by atoms with E-state index in [1.165, 1.54) is 12.1 Å². The molecule has 0 aliphatic carbocycles. The van der Waals surface area contributed by atoms with Gasteiger partial charge in [-0.2, -0.15) is 0 Å². The topological polar surface area (TPSA) is 41.6 Å². The number of nitrogens with one attached hydrogen (secondary N) is 1. The van der Waals surface area contributed by atoms with Crippen LogP contribution in [0.2, 0.25) is 5.02 Å². The fourth-order valence-corrected chi connectivity index (χ4v) is 3.08. The lowest BCUT2D eigenvalue weighted by Crippen LogP contribution is -2.49. The smallest absolute Gasteiger partial charge is 0.258 e. The van der Waals surface area contributed by atoms with Gasteiger partial charge in [0, 0.05) is 29.8 Å². The number of hydrogen-bond donors (Lipinski definition) is 1. The average Bonchev–Trinajstić information content (AvgIpc) is 2.61. The van der Waals surface area contributed by atoms with Crippen molar-refractivity contribution in [3.05, 3.63) is 59.4 Å². The molecule has 1 amide bonds. The minimum absolute atomic E-state index is 0.0262. The molecule has 0 spiro atoms. The second kappa shape index (κ2) is 8.21. The molecule has 1 saturated heterocycles. The maximum absolute atomic E-state index is 13.4. The van der Waals surface area contributed by atoms with Gasteiger partial charge >= 0.3 is 0 Å². The van der Waals surface area contributed by atoms with Crippen LogP contribution >= 0.6 is 11.6 Å². The lowest BCUT2D eigenvalue weighted by Gasteiger charge is -2.34. The van der Waals surface area contributed by atoms with Gasteiger partial charge in [-0.15, -0.1) is 0 Å². The molecule has 4 nitrogen and oxygen atoms in total. The molecule has 25 heavy (non-hydrogen) atoms. The Morgan fingerprint density at radius 3 is 2.84 bits per heavy atom. The number of benzene rings is 2. The molecule has 0 aromatic heterocycles. The first kappa shape index (κ1) is 17.5.